The number of hydrogen-bond acceptors (Lipinski definition) is 6. The van der Waals surface area contributed by atoms with Crippen molar-refractivity contribution in [2.45, 2.75) is 26.8 Å². The van der Waals surface area contributed by atoms with Gasteiger partial charge in [-0.15, -0.1) is 0 Å². The number of nitrogens with one attached hydrogen (secondary N) is 2. The van der Waals surface area contributed by atoms with Crippen molar-refractivity contribution in [3.05, 3.63) is 47.7 Å². The van der Waals surface area contributed by atoms with Gasteiger partial charge in [-0.25, -0.2) is 4.79 Å². The van der Waals surface area contributed by atoms with Gasteiger partial charge >= 0.3 is 5.97 Å². The van der Waals surface area contributed by atoms with Crippen molar-refractivity contribution in [1.82, 2.24) is 10.5 Å². The summed E-state index contributed by atoms with van der Waals surface area (Å²) in [6.07, 6.45) is 1.30. The molecule has 2 aromatic rings. The molecule has 0 aliphatic heterocycles. The Morgan fingerprint density at radius 2 is 1.85 bits per heavy atom. The molecule has 2 rings (SSSR count). The predicted octanol–water partition coefficient (Wildman–Crippen LogP) is 1.92. The van der Waals surface area contributed by atoms with E-state index in [0.29, 0.717) is 5.56 Å². The van der Waals surface area contributed by atoms with E-state index >= 15 is 0 Å². The van der Waals surface area contributed by atoms with Gasteiger partial charge in [0.2, 0.25) is 0 Å². The largest absolute Gasteiger partial charge is 0.454 e. The molecule has 1 heterocycles. The Labute approximate surface area is 150 Å². The molecule has 8 nitrogen and oxygen atoms in total. The number of rotatable bonds is 7. The molecule has 0 aliphatic rings. The molecular weight excluding hydrogens is 338 g/mol. The second kappa shape index (κ2) is 8.80. The highest BCUT2D eigenvalue weighted by Crippen LogP contribution is 2.08. The average molecular weight is 359 g/mol. The van der Waals surface area contributed by atoms with Gasteiger partial charge in [0.1, 0.15) is 12.3 Å². The van der Waals surface area contributed by atoms with Crippen molar-refractivity contribution >= 4 is 23.6 Å². The van der Waals surface area contributed by atoms with Crippen LogP contribution < -0.4 is 10.6 Å². The number of esters is 1. The summed E-state index contributed by atoms with van der Waals surface area (Å²) in [5.41, 5.74) is 1.47. The molecule has 0 fully saturated rings. The van der Waals surface area contributed by atoms with Gasteiger partial charge in [-0.05, 0) is 25.0 Å². The van der Waals surface area contributed by atoms with E-state index < -0.39 is 24.5 Å². The van der Waals surface area contributed by atoms with Gasteiger partial charge in [0.15, 0.2) is 12.4 Å². The number of carbonyl (C=O) groups excluding carboxylic acids is 3. The Morgan fingerprint density at radius 1 is 1.15 bits per heavy atom. The predicted molar refractivity (Wildman–Crippen MR) is 93.4 cm³/mol. The van der Waals surface area contributed by atoms with Gasteiger partial charge in [0, 0.05) is 11.6 Å². The topological polar surface area (TPSA) is 111 Å². The first kappa shape index (κ1) is 19.2. The molecule has 0 saturated carbocycles. The van der Waals surface area contributed by atoms with E-state index in [4.69, 9.17) is 4.74 Å². The first-order valence-corrected chi connectivity index (χ1v) is 8.11. The number of aromatic nitrogens is 1. The number of nitrogens with zero attached hydrogens (tertiary/aromatic N) is 1. The van der Waals surface area contributed by atoms with Crippen LogP contribution in [0, 0.1) is 12.8 Å². The molecule has 1 aromatic carbocycles. The zero-order chi connectivity index (χ0) is 19.1. The van der Waals surface area contributed by atoms with E-state index in [1.54, 1.807) is 26.0 Å². The minimum Gasteiger partial charge on any atom is -0.454 e. The fourth-order valence-corrected chi connectivity index (χ4v) is 2.11. The average Bonchev–Trinajstić information content (AvgIpc) is 3.10. The molecule has 1 aromatic heterocycles. The number of carbonyl (C=O) groups is 3. The molecule has 1 atom stereocenters. The molecular formula is C18H21N3O5. The first-order valence-electron chi connectivity index (χ1n) is 8.11. The Balaban J connectivity index is 1.91. The van der Waals surface area contributed by atoms with E-state index in [-0.39, 0.29) is 17.6 Å². The molecule has 2 amide bonds. The standard InChI is InChI=1S/C18H21N3O5/c1-11(2)16(20-17(23)13-6-4-12(3)5-7-13)18(24)25-10-15(22)19-14-8-9-26-21-14/h4-9,11,16H,10H2,1-3H3,(H,20,23)(H,19,21,22)/t16-/m0/s1. The highest BCUT2D eigenvalue weighted by Gasteiger charge is 2.26. The van der Waals surface area contributed by atoms with Crippen LogP contribution in [-0.2, 0) is 14.3 Å². The molecule has 138 valence electrons. The third-order valence-corrected chi connectivity index (χ3v) is 3.57. The lowest BCUT2D eigenvalue weighted by Gasteiger charge is -2.20. The fraction of sp³-hybridized carbons (Fsp3) is 0.333. The Hall–Kier alpha value is -3.16. The molecule has 0 unspecified atom stereocenters. The Morgan fingerprint density at radius 3 is 2.42 bits per heavy atom. The van der Waals surface area contributed by atoms with Crippen molar-refractivity contribution in [2.24, 2.45) is 5.92 Å². The van der Waals surface area contributed by atoms with Gasteiger partial charge in [-0.1, -0.05) is 36.7 Å². The van der Waals surface area contributed by atoms with E-state index in [0.717, 1.165) is 5.56 Å². The fourth-order valence-electron chi connectivity index (χ4n) is 2.11. The minimum atomic E-state index is -0.872. The van der Waals surface area contributed by atoms with Crippen LogP contribution in [0.2, 0.25) is 0 Å². The summed E-state index contributed by atoms with van der Waals surface area (Å²) in [7, 11) is 0. The maximum Gasteiger partial charge on any atom is 0.329 e. The number of amides is 2. The van der Waals surface area contributed by atoms with Crippen LogP contribution in [0.25, 0.3) is 0 Å². The monoisotopic (exact) mass is 359 g/mol. The molecule has 0 spiro atoms. The summed E-state index contributed by atoms with van der Waals surface area (Å²) < 4.78 is 9.59. The first-order chi connectivity index (χ1) is 12.4. The molecule has 2 N–H and O–H groups in total. The number of ether oxygens (including phenoxy) is 1. The lowest BCUT2D eigenvalue weighted by Crippen LogP contribution is -2.45. The summed E-state index contributed by atoms with van der Waals surface area (Å²) >= 11 is 0. The number of benzene rings is 1. The van der Waals surface area contributed by atoms with Gasteiger partial charge < -0.3 is 19.9 Å². The highest BCUT2D eigenvalue weighted by molar-refractivity contribution is 5.97. The van der Waals surface area contributed by atoms with E-state index in [9.17, 15) is 14.4 Å². The number of anilines is 1. The molecule has 0 radical (unpaired) electrons. The van der Waals surface area contributed by atoms with Crippen LogP contribution in [0.3, 0.4) is 0 Å². The second-order valence-corrected chi connectivity index (χ2v) is 6.10. The molecule has 26 heavy (non-hydrogen) atoms. The zero-order valence-corrected chi connectivity index (χ0v) is 14.8. The normalized spacial score (nSPS) is 11.7. The van der Waals surface area contributed by atoms with Gasteiger partial charge in [-0.3, -0.25) is 9.59 Å². The smallest absolute Gasteiger partial charge is 0.329 e. The van der Waals surface area contributed by atoms with Crippen LogP contribution >= 0.6 is 0 Å². The maximum atomic E-state index is 12.3. The second-order valence-electron chi connectivity index (χ2n) is 6.10. The summed E-state index contributed by atoms with van der Waals surface area (Å²) in [6.45, 7) is 4.98. The Kier molecular flexibility index (Phi) is 6.48. The lowest BCUT2D eigenvalue weighted by atomic mass is 10.0. The van der Waals surface area contributed by atoms with Crippen LogP contribution in [0.4, 0.5) is 5.82 Å². The minimum absolute atomic E-state index is 0.213. The molecule has 0 aliphatic carbocycles. The third-order valence-electron chi connectivity index (χ3n) is 3.57. The van der Waals surface area contributed by atoms with Crippen LogP contribution in [0.1, 0.15) is 29.8 Å². The van der Waals surface area contributed by atoms with Crippen molar-refractivity contribution < 1.29 is 23.6 Å². The SMILES string of the molecule is Cc1ccc(C(=O)N[C@H](C(=O)OCC(=O)Nc2ccon2)C(C)C)cc1. The van der Waals surface area contributed by atoms with Crippen LogP contribution in [-0.4, -0.2) is 35.6 Å². The molecule has 8 heteroatoms. The summed E-state index contributed by atoms with van der Waals surface area (Å²) in [4.78, 5) is 36.3. The molecule has 0 bridgehead atoms. The van der Waals surface area contributed by atoms with Crippen LogP contribution in [0.5, 0.6) is 0 Å². The van der Waals surface area contributed by atoms with Crippen molar-refractivity contribution in [3.8, 4) is 0 Å². The van der Waals surface area contributed by atoms with Crippen molar-refractivity contribution in [2.75, 3.05) is 11.9 Å². The van der Waals surface area contributed by atoms with Gasteiger partial charge in [-0.2, -0.15) is 0 Å². The lowest BCUT2D eigenvalue weighted by molar-refractivity contribution is -0.150. The zero-order valence-electron chi connectivity index (χ0n) is 14.8. The summed E-state index contributed by atoms with van der Waals surface area (Å²) in [5, 5.41) is 8.58. The molecule has 0 saturated heterocycles. The van der Waals surface area contributed by atoms with E-state index in [1.807, 2.05) is 19.1 Å². The quantitative estimate of drug-likeness (QED) is 0.731. The summed E-state index contributed by atoms with van der Waals surface area (Å²) in [5.74, 6) is -1.61. The van der Waals surface area contributed by atoms with Crippen LogP contribution in [0.15, 0.2) is 41.1 Å². The summed E-state index contributed by atoms with van der Waals surface area (Å²) in [6, 6.07) is 7.57. The number of hydrogen-bond donors (Lipinski definition) is 2. The van der Waals surface area contributed by atoms with Gasteiger partial charge in [0.05, 0.1) is 0 Å². The maximum absolute atomic E-state index is 12.3. The van der Waals surface area contributed by atoms with E-state index in [2.05, 4.69) is 20.3 Å². The van der Waals surface area contributed by atoms with Crippen molar-refractivity contribution in [1.29, 1.82) is 0 Å². The Bertz CT molecular complexity index is 754. The highest BCUT2D eigenvalue weighted by atomic mass is 16.5. The number of aryl methyl sites for hydroxylation is 1. The van der Waals surface area contributed by atoms with Gasteiger partial charge in [0.25, 0.3) is 11.8 Å². The van der Waals surface area contributed by atoms with Crippen molar-refractivity contribution in [3.63, 3.8) is 0 Å². The van der Waals surface area contributed by atoms with E-state index in [1.165, 1.54) is 12.3 Å². The third kappa shape index (κ3) is 5.44.